The maximum atomic E-state index is 11.7. The number of carbonyl (C=O) groups excluding carboxylic acids is 1. The van der Waals surface area contributed by atoms with Crippen LogP contribution in [0.4, 0.5) is 0 Å². The third-order valence-corrected chi connectivity index (χ3v) is 2.68. The average Bonchev–Trinajstić information content (AvgIpc) is 2.67. The molecule has 1 aromatic heterocycles. The van der Waals surface area contributed by atoms with Crippen LogP contribution in [0.15, 0.2) is 24.4 Å². The van der Waals surface area contributed by atoms with Gasteiger partial charge in [0, 0.05) is 29.1 Å². The lowest BCUT2D eigenvalue weighted by molar-refractivity contribution is 0.0985. The lowest BCUT2D eigenvalue weighted by Gasteiger charge is -2.05. The second-order valence-electron chi connectivity index (χ2n) is 3.64. The van der Waals surface area contributed by atoms with Crippen molar-refractivity contribution >= 4 is 16.7 Å². The number of benzene rings is 1. The van der Waals surface area contributed by atoms with Gasteiger partial charge in [-0.05, 0) is 37.2 Å². The lowest BCUT2D eigenvalue weighted by Crippen LogP contribution is -2.09. The van der Waals surface area contributed by atoms with Crippen LogP contribution >= 0.6 is 0 Å². The first-order valence-electron chi connectivity index (χ1n) is 5.04. The highest BCUT2D eigenvalue weighted by Crippen LogP contribution is 2.21. The third-order valence-electron chi connectivity index (χ3n) is 2.68. The van der Waals surface area contributed by atoms with Crippen molar-refractivity contribution < 1.29 is 4.79 Å². The summed E-state index contributed by atoms with van der Waals surface area (Å²) >= 11 is 0. The molecule has 0 aliphatic rings. The molecule has 3 nitrogen and oxygen atoms in total. The van der Waals surface area contributed by atoms with Crippen LogP contribution in [0.3, 0.4) is 0 Å². The Bertz CT molecular complexity index is 499. The SMILES string of the molecule is Cc1c(C(=O)CCN)ccc2[nH]ccc12. The van der Waals surface area contributed by atoms with E-state index >= 15 is 0 Å². The molecule has 2 aromatic rings. The molecule has 0 saturated heterocycles. The number of aromatic nitrogens is 1. The van der Waals surface area contributed by atoms with Crippen LogP contribution in [-0.2, 0) is 0 Å². The fourth-order valence-electron chi connectivity index (χ4n) is 1.85. The predicted molar refractivity (Wildman–Crippen MR) is 61.0 cm³/mol. The second-order valence-corrected chi connectivity index (χ2v) is 3.64. The molecular formula is C12H14N2O. The Morgan fingerprint density at radius 1 is 1.40 bits per heavy atom. The van der Waals surface area contributed by atoms with Crippen molar-refractivity contribution in [1.82, 2.24) is 4.98 Å². The van der Waals surface area contributed by atoms with E-state index in [0.29, 0.717) is 13.0 Å². The Labute approximate surface area is 88.3 Å². The number of ketones is 1. The number of H-pyrrole nitrogens is 1. The van der Waals surface area contributed by atoms with Gasteiger partial charge in [0.15, 0.2) is 5.78 Å². The molecular weight excluding hydrogens is 188 g/mol. The number of nitrogens with two attached hydrogens (primary N) is 1. The van der Waals surface area contributed by atoms with E-state index in [4.69, 9.17) is 5.73 Å². The standard InChI is InChI=1S/C12H14N2O/c1-8-9-5-7-14-11(9)3-2-10(8)12(15)4-6-13/h2-3,5,7,14H,4,6,13H2,1H3. The minimum Gasteiger partial charge on any atom is -0.361 e. The van der Waals surface area contributed by atoms with E-state index in [1.165, 1.54) is 0 Å². The van der Waals surface area contributed by atoms with Gasteiger partial charge in [-0.1, -0.05) is 0 Å². The van der Waals surface area contributed by atoms with E-state index in [-0.39, 0.29) is 5.78 Å². The van der Waals surface area contributed by atoms with Gasteiger partial charge in [0.25, 0.3) is 0 Å². The lowest BCUT2D eigenvalue weighted by atomic mass is 9.99. The van der Waals surface area contributed by atoms with Gasteiger partial charge >= 0.3 is 0 Å². The first kappa shape index (κ1) is 9.93. The number of Topliss-reactive ketones (excluding diaryl/α,β-unsaturated/α-hetero) is 1. The number of carbonyl (C=O) groups is 1. The summed E-state index contributed by atoms with van der Waals surface area (Å²) in [4.78, 5) is 14.9. The highest BCUT2D eigenvalue weighted by Gasteiger charge is 2.10. The molecule has 15 heavy (non-hydrogen) atoms. The highest BCUT2D eigenvalue weighted by molar-refractivity contribution is 6.02. The summed E-state index contributed by atoms with van der Waals surface area (Å²) in [6.07, 6.45) is 2.30. The van der Waals surface area contributed by atoms with Gasteiger partial charge < -0.3 is 10.7 Å². The fourth-order valence-corrected chi connectivity index (χ4v) is 1.85. The molecule has 0 aliphatic carbocycles. The van der Waals surface area contributed by atoms with E-state index in [0.717, 1.165) is 22.0 Å². The fraction of sp³-hybridized carbons (Fsp3) is 0.250. The van der Waals surface area contributed by atoms with Crippen molar-refractivity contribution in [2.24, 2.45) is 5.73 Å². The molecule has 1 aromatic carbocycles. The van der Waals surface area contributed by atoms with Crippen molar-refractivity contribution in [2.75, 3.05) is 6.54 Å². The van der Waals surface area contributed by atoms with E-state index in [1.54, 1.807) is 0 Å². The Morgan fingerprint density at radius 2 is 2.20 bits per heavy atom. The number of hydrogen-bond donors (Lipinski definition) is 2. The van der Waals surface area contributed by atoms with Crippen molar-refractivity contribution in [2.45, 2.75) is 13.3 Å². The number of aromatic amines is 1. The van der Waals surface area contributed by atoms with Gasteiger partial charge in [-0.25, -0.2) is 0 Å². The van der Waals surface area contributed by atoms with E-state index in [9.17, 15) is 4.79 Å². The molecule has 0 spiro atoms. The summed E-state index contributed by atoms with van der Waals surface area (Å²) in [5.41, 5.74) is 8.27. The summed E-state index contributed by atoms with van der Waals surface area (Å²) in [7, 11) is 0. The zero-order valence-electron chi connectivity index (χ0n) is 8.71. The Kier molecular flexibility index (Phi) is 2.56. The zero-order valence-corrected chi connectivity index (χ0v) is 8.71. The summed E-state index contributed by atoms with van der Waals surface area (Å²) in [6, 6.07) is 5.79. The van der Waals surface area contributed by atoms with Crippen LogP contribution in [0, 0.1) is 6.92 Å². The maximum Gasteiger partial charge on any atom is 0.164 e. The van der Waals surface area contributed by atoms with Crippen LogP contribution in [0.25, 0.3) is 10.9 Å². The average molecular weight is 202 g/mol. The first-order chi connectivity index (χ1) is 7.24. The molecule has 3 N–H and O–H groups in total. The minimum atomic E-state index is 0.123. The van der Waals surface area contributed by atoms with Gasteiger partial charge in [-0.3, -0.25) is 4.79 Å². The molecule has 3 heteroatoms. The molecule has 1 heterocycles. The summed E-state index contributed by atoms with van der Waals surface area (Å²) in [5, 5.41) is 1.11. The molecule has 0 bridgehead atoms. The largest absolute Gasteiger partial charge is 0.361 e. The van der Waals surface area contributed by atoms with Crippen LogP contribution in [0.2, 0.25) is 0 Å². The smallest absolute Gasteiger partial charge is 0.164 e. The molecule has 0 amide bonds. The quantitative estimate of drug-likeness (QED) is 0.748. The number of rotatable bonds is 3. The van der Waals surface area contributed by atoms with Gasteiger partial charge in [-0.2, -0.15) is 0 Å². The molecule has 78 valence electrons. The maximum absolute atomic E-state index is 11.7. The predicted octanol–water partition coefficient (Wildman–Crippen LogP) is 2.01. The van der Waals surface area contributed by atoms with E-state index in [1.807, 2.05) is 31.3 Å². The number of fused-ring (bicyclic) bond motifs is 1. The van der Waals surface area contributed by atoms with Gasteiger partial charge in [0.1, 0.15) is 0 Å². The molecule has 0 unspecified atom stereocenters. The first-order valence-corrected chi connectivity index (χ1v) is 5.04. The molecule has 0 saturated carbocycles. The molecule has 0 atom stereocenters. The molecule has 0 fully saturated rings. The number of nitrogens with one attached hydrogen (secondary N) is 1. The third kappa shape index (κ3) is 1.66. The van der Waals surface area contributed by atoms with Crippen LogP contribution in [-0.4, -0.2) is 17.3 Å². The molecule has 0 radical (unpaired) electrons. The number of aryl methyl sites for hydroxylation is 1. The van der Waals surface area contributed by atoms with Crippen molar-refractivity contribution in [1.29, 1.82) is 0 Å². The van der Waals surface area contributed by atoms with Gasteiger partial charge in [0.2, 0.25) is 0 Å². The van der Waals surface area contributed by atoms with Crippen LogP contribution in [0.1, 0.15) is 22.3 Å². The van der Waals surface area contributed by atoms with Crippen LogP contribution < -0.4 is 5.73 Å². The van der Waals surface area contributed by atoms with Gasteiger partial charge in [-0.15, -0.1) is 0 Å². The normalized spacial score (nSPS) is 10.8. The summed E-state index contributed by atoms with van der Waals surface area (Å²) in [6.45, 7) is 2.38. The Morgan fingerprint density at radius 3 is 2.93 bits per heavy atom. The highest BCUT2D eigenvalue weighted by atomic mass is 16.1. The van der Waals surface area contributed by atoms with Crippen LogP contribution in [0.5, 0.6) is 0 Å². The monoisotopic (exact) mass is 202 g/mol. The molecule has 0 aliphatic heterocycles. The van der Waals surface area contributed by atoms with E-state index < -0.39 is 0 Å². The Balaban J connectivity index is 2.52. The van der Waals surface area contributed by atoms with Crippen molar-refractivity contribution in [3.05, 3.63) is 35.5 Å². The van der Waals surface area contributed by atoms with E-state index in [2.05, 4.69) is 4.98 Å². The number of hydrogen-bond acceptors (Lipinski definition) is 2. The van der Waals surface area contributed by atoms with Gasteiger partial charge in [0.05, 0.1) is 0 Å². The topological polar surface area (TPSA) is 58.9 Å². The molecule has 2 rings (SSSR count). The zero-order chi connectivity index (χ0) is 10.8. The summed E-state index contributed by atoms with van der Waals surface area (Å²) in [5.74, 6) is 0.123. The minimum absolute atomic E-state index is 0.123. The second kappa shape index (κ2) is 3.87. The Hall–Kier alpha value is -1.61. The van der Waals surface area contributed by atoms with Crippen molar-refractivity contribution in [3.63, 3.8) is 0 Å². The van der Waals surface area contributed by atoms with Crippen molar-refractivity contribution in [3.8, 4) is 0 Å². The summed E-state index contributed by atoms with van der Waals surface area (Å²) < 4.78 is 0.